The molecular formula is C31H27BrN2. The van der Waals surface area contributed by atoms with Gasteiger partial charge in [0.05, 0.1) is 0 Å². The number of aromatic nitrogens is 2. The quantitative estimate of drug-likeness (QED) is 0.313. The van der Waals surface area contributed by atoms with Crippen molar-refractivity contribution in [3.05, 3.63) is 126 Å². The van der Waals surface area contributed by atoms with E-state index in [4.69, 9.17) is 0 Å². The molecule has 34 heavy (non-hydrogen) atoms. The van der Waals surface area contributed by atoms with E-state index in [0.29, 0.717) is 0 Å². The van der Waals surface area contributed by atoms with Crippen LogP contribution in [0.25, 0.3) is 32.6 Å². The van der Waals surface area contributed by atoms with Crippen LogP contribution in [-0.2, 0) is 19.5 Å². The number of para-hydroxylation sites is 2. The molecule has 0 aliphatic heterocycles. The second-order valence-corrected chi connectivity index (χ2v) is 8.79. The lowest BCUT2D eigenvalue weighted by Gasteiger charge is -2.07. The van der Waals surface area contributed by atoms with Crippen molar-refractivity contribution in [3.8, 4) is 0 Å². The van der Waals surface area contributed by atoms with Crippen LogP contribution in [-0.4, -0.2) is 4.57 Å². The highest BCUT2D eigenvalue weighted by molar-refractivity contribution is 5.84. The minimum Gasteiger partial charge on any atom is -1.00 e. The van der Waals surface area contributed by atoms with Crippen molar-refractivity contribution in [2.75, 3.05) is 0 Å². The van der Waals surface area contributed by atoms with E-state index in [0.717, 1.165) is 19.5 Å². The molecule has 0 N–H and O–H groups in total. The highest BCUT2D eigenvalue weighted by Gasteiger charge is 2.23. The highest BCUT2D eigenvalue weighted by Crippen LogP contribution is 2.22. The Bertz CT molecular complexity index is 1490. The fourth-order valence-corrected chi connectivity index (χ4v) is 5.12. The Morgan fingerprint density at radius 1 is 0.618 bits per heavy atom. The number of rotatable bonds is 5. The van der Waals surface area contributed by atoms with Gasteiger partial charge in [0.25, 0.3) is 5.82 Å². The molecule has 0 atom stereocenters. The SMILES string of the molecule is CCc1n(Cc2ccc3ccccc3c2)c2ccccc2[n+]1Cc1ccc2ccccc2c1.[Br-]. The van der Waals surface area contributed by atoms with Gasteiger partial charge in [-0.2, -0.15) is 0 Å². The number of hydrogen-bond donors (Lipinski definition) is 0. The van der Waals surface area contributed by atoms with Gasteiger partial charge in [0.15, 0.2) is 11.0 Å². The fraction of sp³-hybridized carbons (Fsp3) is 0.129. The first-order valence-electron chi connectivity index (χ1n) is 11.8. The molecule has 1 heterocycles. The van der Waals surface area contributed by atoms with Gasteiger partial charge < -0.3 is 17.0 Å². The van der Waals surface area contributed by atoms with Gasteiger partial charge >= 0.3 is 0 Å². The van der Waals surface area contributed by atoms with Crippen LogP contribution >= 0.6 is 0 Å². The van der Waals surface area contributed by atoms with E-state index in [1.165, 1.54) is 49.5 Å². The summed E-state index contributed by atoms with van der Waals surface area (Å²) in [5.41, 5.74) is 5.26. The zero-order valence-corrected chi connectivity index (χ0v) is 20.9. The monoisotopic (exact) mass is 506 g/mol. The summed E-state index contributed by atoms with van der Waals surface area (Å²) in [7, 11) is 0. The molecule has 0 saturated carbocycles. The van der Waals surface area contributed by atoms with Crippen molar-refractivity contribution < 1.29 is 21.5 Å². The molecule has 5 aromatic carbocycles. The number of benzene rings is 5. The van der Waals surface area contributed by atoms with Gasteiger partial charge in [-0.3, -0.25) is 0 Å². The minimum absolute atomic E-state index is 0. The molecule has 0 unspecified atom stereocenters. The van der Waals surface area contributed by atoms with Crippen molar-refractivity contribution in [2.45, 2.75) is 26.4 Å². The van der Waals surface area contributed by atoms with E-state index in [1.807, 2.05) is 0 Å². The second-order valence-electron chi connectivity index (χ2n) is 8.79. The molecule has 0 amide bonds. The van der Waals surface area contributed by atoms with E-state index in [-0.39, 0.29) is 17.0 Å². The Morgan fingerprint density at radius 3 is 1.85 bits per heavy atom. The lowest BCUT2D eigenvalue weighted by molar-refractivity contribution is -0.671. The Labute approximate surface area is 210 Å². The molecule has 2 nitrogen and oxygen atoms in total. The average Bonchev–Trinajstić information content (AvgIpc) is 3.16. The molecule has 0 aliphatic carbocycles. The number of nitrogens with zero attached hydrogens (tertiary/aromatic N) is 2. The summed E-state index contributed by atoms with van der Waals surface area (Å²) in [5.74, 6) is 1.36. The Hall–Kier alpha value is -3.43. The van der Waals surface area contributed by atoms with Crippen molar-refractivity contribution in [1.29, 1.82) is 0 Å². The van der Waals surface area contributed by atoms with Crippen molar-refractivity contribution in [1.82, 2.24) is 4.57 Å². The molecule has 1 aromatic heterocycles. The van der Waals surface area contributed by atoms with Gasteiger partial charge in [-0.05, 0) is 56.9 Å². The Kier molecular flexibility index (Phi) is 6.21. The van der Waals surface area contributed by atoms with Crippen molar-refractivity contribution in [3.63, 3.8) is 0 Å². The van der Waals surface area contributed by atoms with Gasteiger partial charge in [0.2, 0.25) is 0 Å². The average molecular weight is 507 g/mol. The summed E-state index contributed by atoms with van der Waals surface area (Å²) in [6, 6.07) is 39.7. The fourth-order valence-electron chi connectivity index (χ4n) is 5.12. The largest absolute Gasteiger partial charge is 1.00 e. The molecule has 168 valence electrons. The van der Waals surface area contributed by atoms with Crippen LogP contribution < -0.4 is 21.5 Å². The van der Waals surface area contributed by atoms with Crippen molar-refractivity contribution >= 4 is 32.6 Å². The van der Waals surface area contributed by atoms with Crippen LogP contribution in [0.4, 0.5) is 0 Å². The number of imidazole rings is 1. The first kappa shape index (κ1) is 22.4. The van der Waals surface area contributed by atoms with Gasteiger partial charge in [-0.15, -0.1) is 0 Å². The van der Waals surface area contributed by atoms with Gasteiger partial charge in [0.1, 0.15) is 13.1 Å². The molecule has 6 rings (SSSR count). The summed E-state index contributed by atoms with van der Waals surface area (Å²) in [6.07, 6.45) is 0.982. The molecule has 0 spiro atoms. The van der Waals surface area contributed by atoms with E-state index >= 15 is 0 Å². The van der Waals surface area contributed by atoms with E-state index in [2.05, 4.69) is 125 Å². The van der Waals surface area contributed by atoms with Crippen LogP contribution in [0.2, 0.25) is 0 Å². The van der Waals surface area contributed by atoms with Gasteiger partial charge in [-0.1, -0.05) is 91.9 Å². The molecular weight excluding hydrogens is 480 g/mol. The molecule has 0 fully saturated rings. The molecule has 0 aliphatic rings. The maximum absolute atomic E-state index is 2.50. The zero-order valence-electron chi connectivity index (χ0n) is 19.3. The third-order valence-electron chi connectivity index (χ3n) is 6.71. The molecule has 3 heteroatoms. The molecule has 0 bridgehead atoms. The number of fused-ring (bicyclic) bond motifs is 3. The summed E-state index contributed by atoms with van der Waals surface area (Å²) < 4.78 is 5.00. The predicted octanol–water partition coefficient (Wildman–Crippen LogP) is 3.90. The normalized spacial score (nSPS) is 11.2. The first-order chi connectivity index (χ1) is 16.3. The van der Waals surface area contributed by atoms with Crippen LogP contribution in [0.3, 0.4) is 0 Å². The van der Waals surface area contributed by atoms with Crippen LogP contribution in [0.1, 0.15) is 23.9 Å². The van der Waals surface area contributed by atoms with E-state index < -0.39 is 0 Å². The minimum atomic E-state index is 0. The third kappa shape index (κ3) is 4.01. The topological polar surface area (TPSA) is 8.81 Å². The zero-order chi connectivity index (χ0) is 22.2. The summed E-state index contributed by atoms with van der Waals surface area (Å²) >= 11 is 0. The Morgan fingerprint density at radius 2 is 1.18 bits per heavy atom. The number of hydrogen-bond acceptors (Lipinski definition) is 0. The molecule has 0 radical (unpaired) electrons. The smallest absolute Gasteiger partial charge is 0.257 e. The van der Waals surface area contributed by atoms with Crippen LogP contribution in [0.5, 0.6) is 0 Å². The molecule has 6 aromatic rings. The summed E-state index contributed by atoms with van der Waals surface area (Å²) in [4.78, 5) is 0. The summed E-state index contributed by atoms with van der Waals surface area (Å²) in [5, 5.41) is 5.18. The van der Waals surface area contributed by atoms with Crippen LogP contribution in [0.15, 0.2) is 109 Å². The molecule has 0 saturated heterocycles. The first-order valence-corrected chi connectivity index (χ1v) is 11.8. The lowest BCUT2D eigenvalue weighted by atomic mass is 10.1. The van der Waals surface area contributed by atoms with E-state index in [9.17, 15) is 0 Å². The second kappa shape index (κ2) is 9.44. The highest BCUT2D eigenvalue weighted by atomic mass is 79.9. The van der Waals surface area contributed by atoms with Crippen LogP contribution in [0, 0.1) is 0 Å². The van der Waals surface area contributed by atoms with Gasteiger partial charge in [0, 0.05) is 6.42 Å². The van der Waals surface area contributed by atoms with Gasteiger partial charge in [-0.25, -0.2) is 9.13 Å². The Balaban J connectivity index is 0.00000241. The summed E-state index contributed by atoms with van der Waals surface area (Å²) in [6.45, 7) is 4.01. The number of halogens is 1. The van der Waals surface area contributed by atoms with E-state index in [1.54, 1.807) is 0 Å². The standard InChI is InChI=1S/C31H27N2.BrH/c1-2-31-32(21-23-15-17-25-9-3-5-11-27(25)19-23)29-13-7-8-14-30(29)33(31)22-24-16-18-26-10-4-6-12-28(26)20-24;/h3-20H,2,21-22H2,1H3;1H/q+1;/p-1. The maximum Gasteiger partial charge on any atom is 0.257 e. The van der Waals surface area contributed by atoms with Crippen molar-refractivity contribution in [2.24, 2.45) is 0 Å². The lowest BCUT2D eigenvalue weighted by Crippen LogP contribution is -3.00. The third-order valence-corrected chi connectivity index (χ3v) is 6.71. The maximum atomic E-state index is 2.50. The predicted molar refractivity (Wildman–Crippen MR) is 138 cm³/mol.